The highest BCUT2D eigenvalue weighted by Gasteiger charge is 2.13. The van der Waals surface area contributed by atoms with E-state index in [1.807, 2.05) is 6.92 Å². The molecule has 0 aromatic heterocycles. The number of hydrogen-bond donors (Lipinski definition) is 1. The van der Waals surface area contributed by atoms with Crippen LogP contribution in [0.15, 0.2) is 24.3 Å². The summed E-state index contributed by atoms with van der Waals surface area (Å²) in [5, 5.41) is 0.511. The molecule has 0 saturated heterocycles. The molecule has 0 spiro atoms. The minimum absolute atomic E-state index is 0.0187. The van der Waals surface area contributed by atoms with Crippen molar-refractivity contribution in [2.45, 2.75) is 38.0 Å². The molecule has 1 atom stereocenters. The Bertz CT molecular complexity index is 472. The summed E-state index contributed by atoms with van der Waals surface area (Å²) in [5.41, 5.74) is 6.29. The molecule has 5 heteroatoms. The summed E-state index contributed by atoms with van der Waals surface area (Å²) in [4.78, 5) is 0. The zero-order valence-electron chi connectivity index (χ0n) is 10.6. The smallest absolute Gasteiger partial charge is 0.154 e. The van der Waals surface area contributed by atoms with E-state index in [9.17, 15) is 8.42 Å². The lowest BCUT2D eigenvalue weighted by atomic mass is 10.2. The van der Waals surface area contributed by atoms with Gasteiger partial charge in [0.05, 0.1) is 11.5 Å². The Kier molecular flexibility index (Phi) is 6.12. The maximum atomic E-state index is 11.9. The van der Waals surface area contributed by atoms with E-state index in [1.54, 1.807) is 24.3 Å². The van der Waals surface area contributed by atoms with E-state index in [4.69, 9.17) is 17.3 Å². The lowest BCUT2D eigenvalue weighted by molar-refractivity contribution is 0.579. The van der Waals surface area contributed by atoms with Gasteiger partial charge in [0.15, 0.2) is 9.84 Å². The summed E-state index contributed by atoms with van der Waals surface area (Å²) >= 11 is 5.95. The Hall–Kier alpha value is -0.580. The zero-order valence-corrected chi connectivity index (χ0v) is 12.2. The van der Waals surface area contributed by atoms with E-state index < -0.39 is 9.84 Å². The molecule has 0 heterocycles. The maximum absolute atomic E-state index is 11.9. The topological polar surface area (TPSA) is 60.2 Å². The number of unbranched alkanes of at least 4 members (excludes halogenated alkanes) is 1. The highest BCUT2D eigenvalue weighted by Crippen LogP contribution is 2.18. The van der Waals surface area contributed by atoms with Gasteiger partial charge in [-0.05, 0) is 31.4 Å². The Labute approximate surface area is 114 Å². The van der Waals surface area contributed by atoms with Gasteiger partial charge in [0.1, 0.15) is 0 Å². The van der Waals surface area contributed by atoms with Crippen LogP contribution in [0.4, 0.5) is 0 Å². The van der Waals surface area contributed by atoms with Gasteiger partial charge < -0.3 is 5.73 Å². The van der Waals surface area contributed by atoms with Crippen molar-refractivity contribution in [2.75, 3.05) is 5.75 Å². The van der Waals surface area contributed by atoms with Crippen molar-refractivity contribution in [3.05, 3.63) is 34.9 Å². The van der Waals surface area contributed by atoms with Crippen LogP contribution in [0.25, 0.3) is 0 Å². The minimum Gasteiger partial charge on any atom is -0.328 e. The van der Waals surface area contributed by atoms with Gasteiger partial charge in [-0.25, -0.2) is 8.42 Å². The molecule has 1 rings (SSSR count). The van der Waals surface area contributed by atoms with E-state index in [-0.39, 0.29) is 17.5 Å². The summed E-state index contributed by atoms with van der Waals surface area (Å²) in [5.74, 6) is 0.218. The van der Waals surface area contributed by atoms with E-state index in [0.717, 1.165) is 12.8 Å². The van der Waals surface area contributed by atoms with Gasteiger partial charge in [0.25, 0.3) is 0 Å². The fourth-order valence-corrected chi connectivity index (χ4v) is 3.51. The first kappa shape index (κ1) is 15.5. The predicted molar refractivity (Wildman–Crippen MR) is 76.4 cm³/mol. The predicted octanol–water partition coefficient (Wildman–Crippen LogP) is 2.77. The van der Waals surface area contributed by atoms with Crippen LogP contribution in [0, 0.1) is 0 Å². The molecule has 1 unspecified atom stereocenters. The second-order valence-corrected chi connectivity index (χ2v) is 7.25. The van der Waals surface area contributed by atoms with Crippen molar-refractivity contribution in [1.29, 1.82) is 0 Å². The fraction of sp³-hybridized carbons (Fsp3) is 0.538. The number of rotatable bonds is 7. The molecule has 0 fully saturated rings. The van der Waals surface area contributed by atoms with Crippen molar-refractivity contribution >= 4 is 21.4 Å². The highest BCUT2D eigenvalue weighted by atomic mass is 35.5. The molecular weight excluding hydrogens is 270 g/mol. The van der Waals surface area contributed by atoms with Gasteiger partial charge in [-0.15, -0.1) is 0 Å². The molecule has 0 aliphatic heterocycles. The fourth-order valence-electron chi connectivity index (χ4n) is 1.71. The third-order valence-corrected chi connectivity index (χ3v) is 4.73. The van der Waals surface area contributed by atoms with Crippen LogP contribution < -0.4 is 5.73 Å². The van der Waals surface area contributed by atoms with E-state index in [2.05, 4.69) is 0 Å². The van der Waals surface area contributed by atoms with E-state index in [0.29, 0.717) is 17.0 Å². The standard InChI is InChI=1S/C13H20ClNO2S/c1-11(15)6-4-5-9-18(16,17)10-12-7-2-3-8-13(12)14/h2-3,7-8,11H,4-6,9-10,15H2,1H3. The molecular formula is C13H20ClNO2S. The van der Waals surface area contributed by atoms with Crippen molar-refractivity contribution in [3.8, 4) is 0 Å². The van der Waals surface area contributed by atoms with Crippen LogP contribution >= 0.6 is 11.6 Å². The number of halogens is 1. The first-order valence-corrected chi connectivity index (χ1v) is 8.30. The summed E-state index contributed by atoms with van der Waals surface area (Å²) in [6.07, 6.45) is 2.37. The van der Waals surface area contributed by atoms with E-state index >= 15 is 0 Å². The third kappa shape index (κ3) is 5.85. The number of benzene rings is 1. The normalized spacial score (nSPS) is 13.5. The van der Waals surface area contributed by atoms with Crippen molar-refractivity contribution in [1.82, 2.24) is 0 Å². The molecule has 102 valence electrons. The number of hydrogen-bond acceptors (Lipinski definition) is 3. The lowest BCUT2D eigenvalue weighted by Gasteiger charge is -2.07. The quantitative estimate of drug-likeness (QED) is 0.785. The Morgan fingerprint density at radius 1 is 1.28 bits per heavy atom. The van der Waals surface area contributed by atoms with Crippen LogP contribution in [-0.2, 0) is 15.6 Å². The number of nitrogens with two attached hydrogens (primary N) is 1. The van der Waals surface area contributed by atoms with Gasteiger partial charge in [-0.2, -0.15) is 0 Å². The average molecular weight is 290 g/mol. The maximum Gasteiger partial charge on any atom is 0.154 e. The molecule has 0 aliphatic rings. The minimum atomic E-state index is -3.08. The SMILES string of the molecule is CC(N)CCCCS(=O)(=O)Cc1ccccc1Cl. The zero-order chi connectivity index (χ0) is 13.6. The monoisotopic (exact) mass is 289 g/mol. The average Bonchev–Trinajstić information content (AvgIpc) is 2.27. The van der Waals surface area contributed by atoms with Crippen LogP contribution in [0.1, 0.15) is 31.7 Å². The first-order chi connectivity index (χ1) is 8.41. The third-order valence-electron chi connectivity index (χ3n) is 2.70. The molecule has 0 radical (unpaired) electrons. The molecule has 0 amide bonds. The first-order valence-electron chi connectivity index (χ1n) is 6.10. The van der Waals surface area contributed by atoms with Gasteiger partial charge >= 0.3 is 0 Å². The second kappa shape index (κ2) is 7.12. The summed E-state index contributed by atoms with van der Waals surface area (Å²) in [6.45, 7) is 1.93. The Morgan fingerprint density at radius 2 is 1.94 bits per heavy atom. The van der Waals surface area contributed by atoms with E-state index in [1.165, 1.54) is 0 Å². The molecule has 0 saturated carbocycles. The van der Waals surface area contributed by atoms with Crippen LogP contribution in [-0.4, -0.2) is 20.2 Å². The second-order valence-electron chi connectivity index (χ2n) is 4.66. The lowest BCUT2D eigenvalue weighted by Crippen LogP contribution is -2.15. The Balaban J connectivity index is 2.48. The molecule has 0 bridgehead atoms. The molecule has 1 aromatic carbocycles. The largest absolute Gasteiger partial charge is 0.328 e. The van der Waals surface area contributed by atoms with Gasteiger partial charge in [0, 0.05) is 11.1 Å². The van der Waals surface area contributed by atoms with Crippen molar-refractivity contribution in [2.24, 2.45) is 5.73 Å². The molecule has 0 aliphatic carbocycles. The summed E-state index contributed by atoms with van der Waals surface area (Å²) in [6, 6.07) is 7.19. The van der Waals surface area contributed by atoms with Gasteiger partial charge in [-0.3, -0.25) is 0 Å². The van der Waals surface area contributed by atoms with Crippen LogP contribution in [0.3, 0.4) is 0 Å². The molecule has 3 nitrogen and oxygen atoms in total. The molecule has 2 N–H and O–H groups in total. The highest BCUT2D eigenvalue weighted by molar-refractivity contribution is 7.90. The summed E-state index contributed by atoms with van der Waals surface area (Å²) < 4.78 is 23.8. The molecule has 1 aromatic rings. The number of sulfone groups is 1. The van der Waals surface area contributed by atoms with Gasteiger partial charge in [0.2, 0.25) is 0 Å². The van der Waals surface area contributed by atoms with Crippen molar-refractivity contribution < 1.29 is 8.42 Å². The van der Waals surface area contributed by atoms with Crippen molar-refractivity contribution in [3.63, 3.8) is 0 Å². The van der Waals surface area contributed by atoms with Gasteiger partial charge in [-0.1, -0.05) is 36.2 Å². The van der Waals surface area contributed by atoms with Crippen LogP contribution in [0.2, 0.25) is 5.02 Å². The Morgan fingerprint density at radius 3 is 2.56 bits per heavy atom. The summed E-state index contributed by atoms with van der Waals surface area (Å²) in [7, 11) is -3.08. The molecule has 18 heavy (non-hydrogen) atoms. The van der Waals surface area contributed by atoms with Crippen LogP contribution in [0.5, 0.6) is 0 Å².